The maximum Gasteiger partial charge on any atom is 0.219 e. The quantitative estimate of drug-likeness (QED) is 0.908. The number of fused-ring (bicyclic) bond motifs is 1. The lowest BCUT2D eigenvalue weighted by Gasteiger charge is -2.29. The van der Waals surface area contributed by atoms with Crippen LogP contribution in [0.1, 0.15) is 29.9 Å². The first-order valence-electron chi connectivity index (χ1n) is 6.81. The zero-order valence-corrected chi connectivity index (χ0v) is 11.7. The summed E-state index contributed by atoms with van der Waals surface area (Å²) in [5.41, 5.74) is 2.67. The average molecular weight is 281 g/mol. The van der Waals surface area contributed by atoms with Crippen molar-refractivity contribution in [3.05, 3.63) is 35.4 Å². The fourth-order valence-corrected chi connectivity index (χ4v) is 4.01. The minimum atomic E-state index is -3.20. The third kappa shape index (κ3) is 2.68. The Kier molecular flexibility index (Phi) is 3.60. The van der Waals surface area contributed by atoms with Crippen molar-refractivity contribution in [2.24, 2.45) is 0 Å². The van der Waals surface area contributed by atoms with E-state index < -0.39 is 10.0 Å². The predicted octanol–water partition coefficient (Wildman–Crippen LogP) is 1.42. The second-order valence-electron chi connectivity index (χ2n) is 5.34. The number of ether oxygens (including phenoxy) is 1. The number of rotatable bonds is 4. The molecule has 0 bridgehead atoms. The molecule has 3 rings (SSSR count). The van der Waals surface area contributed by atoms with Gasteiger partial charge in [-0.05, 0) is 36.3 Å². The van der Waals surface area contributed by atoms with Crippen LogP contribution in [0.5, 0.6) is 0 Å². The van der Waals surface area contributed by atoms with Crippen molar-refractivity contribution in [2.45, 2.75) is 30.4 Å². The second-order valence-corrected chi connectivity index (χ2v) is 7.39. The van der Waals surface area contributed by atoms with Gasteiger partial charge in [-0.15, -0.1) is 0 Å². The first-order valence-corrected chi connectivity index (χ1v) is 8.35. The van der Waals surface area contributed by atoms with E-state index in [1.54, 1.807) is 0 Å². The molecule has 1 saturated heterocycles. The Morgan fingerprint density at radius 2 is 2.05 bits per heavy atom. The summed E-state index contributed by atoms with van der Waals surface area (Å²) in [5, 5.41) is -0.355. The lowest BCUT2D eigenvalue weighted by molar-refractivity contribution is 0.0411. The van der Waals surface area contributed by atoms with Gasteiger partial charge in [0.1, 0.15) is 5.25 Å². The molecule has 104 valence electrons. The molecule has 0 radical (unpaired) electrons. The first-order chi connectivity index (χ1) is 9.17. The summed E-state index contributed by atoms with van der Waals surface area (Å²) in [5.74, 6) is 0.306. The third-order valence-electron chi connectivity index (χ3n) is 4.07. The molecule has 1 N–H and O–H groups in total. The minimum Gasteiger partial charge on any atom is -0.378 e. The highest BCUT2D eigenvalue weighted by Gasteiger charge is 2.33. The normalized spacial score (nSPS) is 23.7. The molecule has 4 nitrogen and oxygen atoms in total. The summed E-state index contributed by atoms with van der Waals surface area (Å²) in [7, 11) is -3.20. The van der Waals surface area contributed by atoms with Crippen molar-refractivity contribution < 1.29 is 13.2 Å². The van der Waals surface area contributed by atoms with Crippen LogP contribution >= 0.6 is 0 Å². The zero-order valence-electron chi connectivity index (χ0n) is 10.8. The van der Waals surface area contributed by atoms with Gasteiger partial charge in [0.05, 0.1) is 13.2 Å². The summed E-state index contributed by atoms with van der Waals surface area (Å²) in [4.78, 5) is 0. The van der Waals surface area contributed by atoms with E-state index in [1.807, 2.05) is 6.07 Å². The summed E-state index contributed by atoms with van der Waals surface area (Å²) >= 11 is 0. The van der Waals surface area contributed by atoms with E-state index in [9.17, 15) is 8.42 Å². The number of aryl methyl sites for hydroxylation is 1. The third-order valence-corrected chi connectivity index (χ3v) is 5.79. The monoisotopic (exact) mass is 281 g/mol. The molecule has 1 heterocycles. The SMILES string of the molecule is O=S(=O)(NCC1CCCc2ccccc21)C1COC1. The highest BCUT2D eigenvalue weighted by molar-refractivity contribution is 7.90. The van der Waals surface area contributed by atoms with Crippen molar-refractivity contribution in [3.63, 3.8) is 0 Å². The van der Waals surface area contributed by atoms with Crippen LogP contribution in [0.15, 0.2) is 24.3 Å². The van der Waals surface area contributed by atoms with Crippen LogP contribution in [0.4, 0.5) is 0 Å². The van der Waals surface area contributed by atoms with Gasteiger partial charge in [-0.1, -0.05) is 24.3 Å². The maximum atomic E-state index is 12.0. The van der Waals surface area contributed by atoms with Crippen LogP contribution in [0, 0.1) is 0 Å². The molecule has 1 aromatic rings. The Morgan fingerprint density at radius 3 is 2.79 bits per heavy atom. The van der Waals surface area contributed by atoms with E-state index in [0.29, 0.717) is 25.7 Å². The number of benzene rings is 1. The fourth-order valence-electron chi connectivity index (χ4n) is 2.79. The van der Waals surface area contributed by atoms with Gasteiger partial charge in [-0.25, -0.2) is 13.1 Å². The lowest BCUT2D eigenvalue weighted by Crippen LogP contribution is -2.47. The average Bonchev–Trinajstić information content (AvgIpc) is 2.33. The molecule has 1 fully saturated rings. The van der Waals surface area contributed by atoms with Crippen molar-refractivity contribution in [1.29, 1.82) is 0 Å². The predicted molar refractivity (Wildman–Crippen MR) is 73.7 cm³/mol. The Bertz CT molecular complexity index is 552. The molecular formula is C14H19NO3S. The van der Waals surface area contributed by atoms with Crippen LogP contribution < -0.4 is 4.72 Å². The molecule has 0 aromatic heterocycles. The van der Waals surface area contributed by atoms with Gasteiger partial charge in [-0.3, -0.25) is 0 Å². The van der Waals surface area contributed by atoms with Crippen LogP contribution in [0.3, 0.4) is 0 Å². The van der Waals surface area contributed by atoms with Crippen LogP contribution in [0.2, 0.25) is 0 Å². The topological polar surface area (TPSA) is 55.4 Å². The van der Waals surface area contributed by atoms with Crippen LogP contribution in [-0.4, -0.2) is 33.4 Å². The molecule has 1 unspecified atom stereocenters. The Balaban J connectivity index is 1.68. The molecule has 0 saturated carbocycles. The highest BCUT2D eigenvalue weighted by atomic mass is 32.2. The minimum absolute atomic E-state index is 0.306. The molecule has 1 aliphatic carbocycles. The molecule has 0 amide bonds. The summed E-state index contributed by atoms with van der Waals surface area (Å²) in [6, 6.07) is 8.36. The van der Waals surface area contributed by atoms with Gasteiger partial charge in [-0.2, -0.15) is 0 Å². The Morgan fingerprint density at radius 1 is 1.26 bits per heavy atom. The molecule has 0 spiro atoms. The summed E-state index contributed by atoms with van der Waals surface area (Å²) in [6.07, 6.45) is 3.30. The molecular weight excluding hydrogens is 262 g/mol. The Hall–Kier alpha value is -0.910. The summed E-state index contributed by atoms with van der Waals surface area (Å²) < 4.78 is 31.7. The fraction of sp³-hybridized carbons (Fsp3) is 0.571. The number of nitrogens with one attached hydrogen (secondary N) is 1. The largest absolute Gasteiger partial charge is 0.378 e. The van der Waals surface area contributed by atoms with Crippen LogP contribution in [-0.2, 0) is 21.2 Å². The molecule has 5 heteroatoms. The highest BCUT2D eigenvalue weighted by Crippen LogP contribution is 2.31. The van der Waals surface area contributed by atoms with E-state index in [1.165, 1.54) is 11.1 Å². The lowest BCUT2D eigenvalue weighted by atomic mass is 9.83. The smallest absolute Gasteiger partial charge is 0.219 e. The number of sulfonamides is 1. The molecule has 2 aliphatic rings. The first kappa shape index (κ1) is 13.1. The van der Waals surface area contributed by atoms with E-state index in [0.717, 1.165) is 19.3 Å². The van der Waals surface area contributed by atoms with Crippen molar-refractivity contribution in [2.75, 3.05) is 19.8 Å². The van der Waals surface area contributed by atoms with E-state index in [2.05, 4.69) is 22.9 Å². The van der Waals surface area contributed by atoms with E-state index >= 15 is 0 Å². The maximum absolute atomic E-state index is 12.0. The van der Waals surface area contributed by atoms with E-state index in [4.69, 9.17) is 4.74 Å². The summed E-state index contributed by atoms with van der Waals surface area (Å²) in [6.45, 7) is 1.17. The van der Waals surface area contributed by atoms with Crippen molar-refractivity contribution >= 4 is 10.0 Å². The van der Waals surface area contributed by atoms with Gasteiger partial charge in [0.25, 0.3) is 0 Å². The second kappa shape index (κ2) is 5.23. The van der Waals surface area contributed by atoms with Crippen molar-refractivity contribution in [1.82, 2.24) is 4.72 Å². The number of hydrogen-bond donors (Lipinski definition) is 1. The van der Waals surface area contributed by atoms with Gasteiger partial charge < -0.3 is 4.74 Å². The molecule has 1 aromatic carbocycles. The van der Waals surface area contributed by atoms with Gasteiger partial charge in [0, 0.05) is 6.54 Å². The van der Waals surface area contributed by atoms with Crippen LogP contribution in [0.25, 0.3) is 0 Å². The Labute approximate surface area is 114 Å². The number of hydrogen-bond acceptors (Lipinski definition) is 3. The van der Waals surface area contributed by atoms with Crippen molar-refractivity contribution in [3.8, 4) is 0 Å². The standard InChI is InChI=1S/C14H19NO3S/c16-19(17,13-9-18-10-13)15-8-12-6-3-5-11-4-1-2-7-14(11)12/h1-2,4,7,12-13,15H,3,5-6,8-10H2. The molecule has 1 atom stereocenters. The molecule has 19 heavy (non-hydrogen) atoms. The van der Waals surface area contributed by atoms with E-state index in [-0.39, 0.29) is 5.25 Å². The van der Waals surface area contributed by atoms with Gasteiger partial charge in [0.2, 0.25) is 10.0 Å². The molecule has 1 aliphatic heterocycles. The zero-order chi connectivity index (χ0) is 13.3. The van der Waals surface area contributed by atoms with Gasteiger partial charge >= 0.3 is 0 Å². The van der Waals surface area contributed by atoms with Gasteiger partial charge in [0.15, 0.2) is 0 Å².